The number of methoxy groups -OCH3 is 2. The van der Waals surface area contributed by atoms with Gasteiger partial charge in [-0.2, -0.15) is 0 Å². The van der Waals surface area contributed by atoms with Crippen molar-refractivity contribution >= 4 is 16.0 Å². The number of rotatable bonds is 9. The van der Waals surface area contributed by atoms with Crippen LogP contribution in [0.25, 0.3) is 5.69 Å². The molecule has 0 bridgehead atoms. The van der Waals surface area contributed by atoms with Crippen LogP contribution in [0.1, 0.15) is 56.2 Å². The van der Waals surface area contributed by atoms with Crippen molar-refractivity contribution in [1.29, 1.82) is 0 Å². The fourth-order valence-corrected chi connectivity index (χ4v) is 5.51. The van der Waals surface area contributed by atoms with E-state index in [1.54, 1.807) is 63.2 Å². The first-order valence-corrected chi connectivity index (χ1v) is 13.3. The Kier molecular flexibility index (Phi) is 7.46. The highest BCUT2D eigenvalue weighted by Gasteiger charge is 2.36. The van der Waals surface area contributed by atoms with Gasteiger partial charge in [0, 0.05) is 30.8 Å². The smallest absolute Gasteiger partial charge is 0.243 e. The zero-order valence-corrected chi connectivity index (χ0v) is 22.1. The summed E-state index contributed by atoms with van der Waals surface area (Å²) in [5.41, 5.74) is 1.40. The largest absolute Gasteiger partial charge is 0.494 e. The van der Waals surface area contributed by atoms with E-state index < -0.39 is 21.2 Å². The van der Waals surface area contributed by atoms with Crippen LogP contribution >= 0.6 is 0 Å². The second-order valence-electron chi connectivity index (χ2n) is 8.96. The minimum absolute atomic E-state index is 0.0378. The van der Waals surface area contributed by atoms with Gasteiger partial charge in [-0.3, -0.25) is 9.29 Å². The lowest BCUT2D eigenvalue weighted by atomic mass is 10.0. The van der Waals surface area contributed by atoms with Crippen molar-refractivity contribution in [2.24, 2.45) is 0 Å². The van der Waals surface area contributed by atoms with E-state index in [1.165, 1.54) is 0 Å². The highest BCUT2D eigenvalue weighted by molar-refractivity contribution is 7.93. The van der Waals surface area contributed by atoms with Crippen LogP contribution in [0.2, 0.25) is 0 Å². The highest BCUT2D eigenvalue weighted by atomic mass is 32.2. The molecule has 0 saturated carbocycles. The molecule has 3 heterocycles. The Morgan fingerprint density at radius 1 is 1.11 bits per heavy atom. The second-order valence-corrected chi connectivity index (χ2v) is 11.0. The molecule has 4 rings (SSSR count). The normalized spacial score (nSPS) is 19.6. The quantitative estimate of drug-likeness (QED) is 0.455. The molecule has 1 saturated heterocycles. The van der Waals surface area contributed by atoms with Crippen molar-refractivity contribution in [1.82, 2.24) is 24.7 Å². The average Bonchev–Trinajstić information content (AvgIpc) is 3.47. The van der Waals surface area contributed by atoms with Crippen molar-refractivity contribution < 1.29 is 22.6 Å². The third-order valence-corrected chi connectivity index (χ3v) is 8.51. The van der Waals surface area contributed by atoms with Gasteiger partial charge in [0.15, 0.2) is 0 Å². The molecule has 36 heavy (non-hydrogen) atoms. The van der Waals surface area contributed by atoms with Crippen LogP contribution in [0.3, 0.4) is 0 Å². The van der Waals surface area contributed by atoms with Crippen LogP contribution in [0.5, 0.6) is 11.5 Å². The predicted octanol–water partition coefficient (Wildman–Crippen LogP) is 3.21. The Labute approximate surface area is 211 Å². The molecule has 0 unspecified atom stereocenters. The topological polar surface area (TPSA) is 130 Å². The molecule has 2 aromatic heterocycles. The molecular weight excluding hydrogens is 484 g/mol. The van der Waals surface area contributed by atoms with Crippen molar-refractivity contribution in [2.45, 2.75) is 57.3 Å². The van der Waals surface area contributed by atoms with Gasteiger partial charge >= 0.3 is 0 Å². The molecule has 0 radical (unpaired) electrons. The third kappa shape index (κ3) is 4.87. The Morgan fingerprint density at radius 2 is 1.75 bits per heavy atom. The summed E-state index contributed by atoms with van der Waals surface area (Å²) in [6.45, 7) is 7.82. The Morgan fingerprint density at radius 3 is 2.31 bits per heavy atom. The first-order valence-electron chi connectivity index (χ1n) is 11.8. The number of anilines is 1. The molecule has 1 N–H and O–H groups in total. The van der Waals surface area contributed by atoms with E-state index in [4.69, 9.17) is 14.2 Å². The molecule has 0 spiro atoms. The van der Waals surface area contributed by atoms with Crippen LogP contribution in [-0.4, -0.2) is 65.3 Å². The number of aryl methyl sites for hydroxylation is 1. The SMILES string of the molecule is COc1cccc(OC)c1-n1c(NS(=O)(=O)[C@@H](C)[C@H](C)c2ncc(C)cn2)nnc1[C@@H]1CCO[C@H]1C. The van der Waals surface area contributed by atoms with E-state index in [0.29, 0.717) is 35.4 Å². The average molecular weight is 517 g/mol. The molecule has 0 amide bonds. The fourth-order valence-electron chi connectivity index (χ4n) is 4.28. The molecule has 0 aliphatic carbocycles. The number of hydrogen-bond donors (Lipinski definition) is 1. The van der Waals surface area contributed by atoms with Gasteiger partial charge < -0.3 is 14.2 Å². The van der Waals surface area contributed by atoms with Crippen molar-refractivity contribution in [3.63, 3.8) is 0 Å². The van der Waals surface area contributed by atoms with Gasteiger partial charge in [-0.05, 0) is 44.9 Å². The predicted molar refractivity (Wildman–Crippen MR) is 134 cm³/mol. The maximum Gasteiger partial charge on any atom is 0.243 e. The molecule has 1 aromatic carbocycles. The number of para-hydroxylation sites is 1. The molecule has 4 atom stereocenters. The summed E-state index contributed by atoms with van der Waals surface area (Å²) in [5.74, 6) is 1.45. The van der Waals surface area contributed by atoms with Crippen LogP contribution < -0.4 is 14.2 Å². The summed E-state index contributed by atoms with van der Waals surface area (Å²) in [6.07, 6.45) is 3.96. The van der Waals surface area contributed by atoms with E-state index in [0.717, 1.165) is 12.0 Å². The minimum Gasteiger partial charge on any atom is -0.494 e. The van der Waals surface area contributed by atoms with Crippen molar-refractivity contribution in [3.8, 4) is 17.2 Å². The second kappa shape index (κ2) is 10.4. The van der Waals surface area contributed by atoms with Gasteiger partial charge in [0.05, 0.1) is 25.6 Å². The zero-order chi connectivity index (χ0) is 26.0. The van der Waals surface area contributed by atoms with Crippen molar-refractivity contribution in [3.05, 3.63) is 47.8 Å². The van der Waals surface area contributed by atoms with Gasteiger partial charge in [0.1, 0.15) is 28.8 Å². The minimum atomic E-state index is -3.93. The summed E-state index contributed by atoms with van der Waals surface area (Å²) in [6, 6.07) is 5.34. The van der Waals surface area contributed by atoms with Crippen LogP contribution in [0.15, 0.2) is 30.6 Å². The van der Waals surface area contributed by atoms with Crippen LogP contribution in [0.4, 0.5) is 5.95 Å². The van der Waals surface area contributed by atoms with E-state index in [-0.39, 0.29) is 18.0 Å². The summed E-state index contributed by atoms with van der Waals surface area (Å²) in [5, 5.41) is 7.80. The molecule has 11 nitrogen and oxygen atoms in total. The number of benzene rings is 1. The van der Waals surface area contributed by atoms with E-state index in [9.17, 15) is 8.42 Å². The number of nitrogens with one attached hydrogen (secondary N) is 1. The highest BCUT2D eigenvalue weighted by Crippen LogP contribution is 2.39. The first-order chi connectivity index (χ1) is 17.2. The molecule has 1 aliphatic heterocycles. The van der Waals surface area contributed by atoms with Crippen LogP contribution in [0, 0.1) is 6.92 Å². The lowest BCUT2D eigenvalue weighted by Crippen LogP contribution is -2.31. The van der Waals surface area contributed by atoms with E-state index in [1.807, 2.05) is 13.8 Å². The lowest BCUT2D eigenvalue weighted by molar-refractivity contribution is 0.117. The maximum absolute atomic E-state index is 13.5. The number of nitrogens with zero attached hydrogens (tertiary/aromatic N) is 5. The van der Waals surface area contributed by atoms with Gasteiger partial charge in [-0.15, -0.1) is 10.2 Å². The molecule has 3 aromatic rings. The third-order valence-electron chi connectivity index (χ3n) is 6.66. The van der Waals surface area contributed by atoms with E-state index >= 15 is 0 Å². The standard InChI is InChI=1S/C24H32N6O5S/c1-14-12-25-22(26-13-14)15(2)17(4)36(31,32)29-24-28-27-23(18-10-11-35-16(18)3)30(24)21-19(33-5)8-7-9-20(21)34-6/h7-9,12-13,15-18H,10-11H2,1-6H3,(H,28,29)/t15-,16-,17-,18+/m0/s1. The van der Waals surface area contributed by atoms with E-state index in [2.05, 4.69) is 24.9 Å². The Hall–Kier alpha value is -3.25. The molecular formula is C24H32N6O5S. The molecule has 1 fully saturated rings. The van der Waals surface area contributed by atoms with Gasteiger partial charge in [0.2, 0.25) is 16.0 Å². The Balaban J connectivity index is 1.78. The molecule has 1 aliphatic rings. The number of hydrogen-bond acceptors (Lipinski definition) is 9. The number of sulfonamides is 1. The summed E-state index contributed by atoms with van der Waals surface area (Å²) >= 11 is 0. The summed E-state index contributed by atoms with van der Waals surface area (Å²) in [4.78, 5) is 8.62. The number of ether oxygens (including phenoxy) is 3. The Bertz CT molecular complexity index is 1290. The summed E-state index contributed by atoms with van der Waals surface area (Å²) < 4.78 is 48.4. The van der Waals surface area contributed by atoms with Gasteiger partial charge in [-0.25, -0.2) is 18.4 Å². The molecule has 12 heteroatoms. The first kappa shape index (κ1) is 25.8. The number of aromatic nitrogens is 5. The lowest BCUT2D eigenvalue weighted by Gasteiger charge is -2.22. The van der Waals surface area contributed by atoms with Crippen molar-refractivity contribution in [2.75, 3.05) is 25.5 Å². The van der Waals surface area contributed by atoms with Gasteiger partial charge in [0.25, 0.3) is 0 Å². The molecule has 194 valence electrons. The zero-order valence-electron chi connectivity index (χ0n) is 21.3. The fraction of sp³-hybridized carbons (Fsp3) is 0.500. The monoisotopic (exact) mass is 516 g/mol. The van der Waals surface area contributed by atoms with Gasteiger partial charge in [-0.1, -0.05) is 13.0 Å². The summed E-state index contributed by atoms with van der Waals surface area (Å²) in [7, 11) is -0.849. The maximum atomic E-state index is 13.5. The van der Waals surface area contributed by atoms with Crippen LogP contribution in [-0.2, 0) is 14.8 Å².